The van der Waals surface area contributed by atoms with Crippen LogP contribution in [0.3, 0.4) is 0 Å². The highest BCUT2D eigenvalue weighted by Gasteiger charge is 2.18. The van der Waals surface area contributed by atoms with Crippen molar-refractivity contribution < 1.29 is 0 Å². The molecule has 2 N–H and O–H groups in total. The predicted molar refractivity (Wildman–Crippen MR) is 122 cm³/mol. The van der Waals surface area contributed by atoms with Gasteiger partial charge in [-0.3, -0.25) is 10.1 Å². The Kier molecular flexibility index (Phi) is 11.1. The number of rotatable bonds is 4. The Bertz CT molecular complexity index is 649. The summed E-state index contributed by atoms with van der Waals surface area (Å²) in [7, 11) is 6.35. The fourth-order valence-corrected chi connectivity index (χ4v) is 3.18. The van der Waals surface area contributed by atoms with Gasteiger partial charge in [-0.05, 0) is 51.4 Å². The minimum absolute atomic E-state index is 0.636. The highest BCUT2D eigenvalue weighted by atomic mass is 32.1. The molecule has 1 aliphatic carbocycles. The van der Waals surface area contributed by atoms with Crippen molar-refractivity contribution in [1.29, 1.82) is 0 Å². The van der Waals surface area contributed by atoms with Crippen molar-refractivity contribution in [2.24, 2.45) is 10.1 Å². The molecule has 1 unspecified atom stereocenters. The van der Waals surface area contributed by atoms with Crippen LogP contribution in [0.1, 0.15) is 43.7 Å². The van der Waals surface area contributed by atoms with Crippen molar-refractivity contribution in [3.05, 3.63) is 58.9 Å². The van der Waals surface area contributed by atoms with Crippen molar-refractivity contribution in [2.75, 3.05) is 34.2 Å². The summed E-state index contributed by atoms with van der Waals surface area (Å²) in [5.74, 6) is 0.636. The molecule has 27 heavy (non-hydrogen) atoms. The van der Waals surface area contributed by atoms with Crippen LogP contribution >= 0.6 is 12.8 Å². The Labute approximate surface area is 171 Å². The summed E-state index contributed by atoms with van der Waals surface area (Å²) in [6, 6.07) is 8.92. The van der Waals surface area contributed by atoms with E-state index in [2.05, 4.69) is 98.1 Å². The zero-order valence-corrected chi connectivity index (χ0v) is 18.4. The van der Waals surface area contributed by atoms with Gasteiger partial charge in [-0.25, -0.2) is 0 Å². The van der Waals surface area contributed by atoms with E-state index in [0.29, 0.717) is 5.92 Å². The molecular formula is C22H36N4S. The van der Waals surface area contributed by atoms with Gasteiger partial charge in [-0.2, -0.15) is 0 Å². The average Bonchev–Trinajstić information content (AvgIpc) is 2.70. The zero-order valence-electron chi connectivity index (χ0n) is 17.5. The minimum atomic E-state index is 0.636. The number of benzene rings is 1. The van der Waals surface area contributed by atoms with E-state index < -0.39 is 0 Å². The van der Waals surface area contributed by atoms with Gasteiger partial charge in [0.25, 0.3) is 0 Å². The maximum absolute atomic E-state index is 4.19. The molecule has 150 valence electrons. The van der Waals surface area contributed by atoms with Gasteiger partial charge in [0.05, 0.1) is 6.54 Å². The molecule has 1 aromatic rings. The first kappa shape index (κ1) is 23.5. The van der Waals surface area contributed by atoms with Crippen LogP contribution in [-0.4, -0.2) is 50.2 Å². The molecule has 0 amide bonds. The van der Waals surface area contributed by atoms with E-state index in [-0.39, 0.29) is 0 Å². The molecule has 3 rings (SSSR count). The summed E-state index contributed by atoms with van der Waals surface area (Å²) in [6.07, 6.45) is 9.84. The van der Waals surface area contributed by atoms with E-state index in [4.69, 9.17) is 0 Å². The second-order valence-corrected chi connectivity index (χ2v) is 7.25. The summed E-state index contributed by atoms with van der Waals surface area (Å²) in [5.41, 5.74) is 5.93. The number of allylic oxidation sites excluding steroid dienone is 2. The number of fused-ring (bicyclic) bond motifs is 1. The lowest BCUT2D eigenvalue weighted by Crippen LogP contribution is -2.20. The van der Waals surface area contributed by atoms with Crippen LogP contribution in [0.5, 0.6) is 0 Å². The molecule has 0 saturated carbocycles. The third-order valence-corrected chi connectivity index (χ3v) is 4.95. The first-order chi connectivity index (χ1) is 13.0. The second kappa shape index (κ2) is 12.8. The summed E-state index contributed by atoms with van der Waals surface area (Å²) in [4.78, 5) is 8.39. The van der Waals surface area contributed by atoms with Crippen LogP contribution in [0.2, 0.25) is 0 Å². The first-order valence-electron chi connectivity index (χ1n) is 9.58. The lowest BCUT2D eigenvalue weighted by molar-refractivity contribution is 0.411. The van der Waals surface area contributed by atoms with E-state index in [0.717, 1.165) is 19.5 Å². The summed E-state index contributed by atoms with van der Waals surface area (Å²) >= 11 is 3.03. The Morgan fingerprint density at radius 1 is 1.26 bits per heavy atom. The van der Waals surface area contributed by atoms with E-state index in [1.165, 1.54) is 24.1 Å². The van der Waals surface area contributed by atoms with Gasteiger partial charge in [0.1, 0.15) is 0 Å². The molecule has 5 heteroatoms. The minimum Gasteiger partial charge on any atom is -0.372 e. The van der Waals surface area contributed by atoms with Gasteiger partial charge in [-0.1, -0.05) is 42.8 Å². The molecule has 4 nitrogen and oxygen atoms in total. The number of thiol groups is 1. The molecule has 1 aliphatic heterocycles. The lowest BCUT2D eigenvalue weighted by Gasteiger charge is -2.24. The van der Waals surface area contributed by atoms with Crippen molar-refractivity contribution in [3.8, 4) is 0 Å². The van der Waals surface area contributed by atoms with Crippen molar-refractivity contribution in [2.45, 2.75) is 39.0 Å². The fourth-order valence-electron chi connectivity index (χ4n) is 3.18. The lowest BCUT2D eigenvalue weighted by atomic mass is 9.82. The maximum atomic E-state index is 4.19. The Morgan fingerprint density at radius 3 is 2.52 bits per heavy atom. The molecule has 1 aromatic carbocycles. The van der Waals surface area contributed by atoms with Gasteiger partial charge in [0.2, 0.25) is 0 Å². The SMILES string of the molecule is CC1=CN=CCN1C.CCC1C=C(CCN(C)C)Cc2ccccc21.NS. The molecule has 2 aliphatic rings. The highest BCUT2D eigenvalue weighted by Crippen LogP contribution is 2.33. The van der Waals surface area contributed by atoms with Gasteiger partial charge in [0, 0.05) is 37.6 Å². The van der Waals surface area contributed by atoms with Crippen molar-refractivity contribution >= 4 is 19.0 Å². The molecule has 0 bridgehead atoms. The average molecular weight is 389 g/mol. The third kappa shape index (κ3) is 7.91. The van der Waals surface area contributed by atoms with Crippen LogP contribution in [0.25, 0.3) is 0 Å². The molecule has 0 fully saturated rings. The highest BCUT2D eigenvalue weighted by molar-refractivity contribution is 7.77. The quantitative estimate of drug-likeness (QED) is 0.598. The number of aliphatic imine (C=N–C) groups is 1. The topological polar surface area (TPSA) is 44.9 Å². The van der Waals surface area contributed by atoms with Crippen LogP contribution in [0, 0.1) is 0 Å². The van der Waals surface area contributed by atoms with E-state index >= 15 is 0 Å². The van der Waals surface area contributed by atoms with Gasteiger partial charge < -0.3 is 9.80 Å². The van der Waals surface area contributed by atoms with Gasteiger partial charge in [0.15, 0.2) is 0 Å². The molecule has 0 aromatic heterocycles. The zero-order chi connectivity index (χ0) is 20.2. The Balaban J connectivity index is 0.000000305. The standard InChI is InChI=1S/C16H23N.C6H10N2.H3NS/c1-4-14-11-13(9-10-17(2)3)12-15-7-5-6-8-16(14)15;1-6-5-7-3-4-8(6)2;1-2/h5-8,11,14H,4,9-10,12H2,1-3H3;3,5H,4H2,1-2H3;2H,1H2. The van der Waals surface area contributed by atoms with E-state index in [1.54, 1.807) is 11.1 Å². The summed E-state index contributed by atoms with van der Waals surface area (Å²) < 4.78 is 0. The van der Waals surface area contributed by atoms with Crippen LogP contribution in [-0.2, 0) is 6.42 Å². The van der Waals surface area contributed by atoms with Crippen LogP contribution < -0.4 is 5.14 Å². The largest absolute Gasteiger partial charge is 0.372 e. The third-order valence-electron chi connectivity index (χ3n) is 4.95. The van der Waals surface area contributed by atoms with Crippen molar-refractivity contribution in [3.63, 3.8) is 0 Å². The van der Waals surface area contributed by atoms with Crippen LogP contribution in [0.4, 0.5) is 0 Å². The first-order valence-corrected chi connectivity index (χ1v) is 10.1. The molecule has 0 spiro atoms. The predicted octanol–water partition coefficient (Wildman–Crippen LogP) is 4.27. The van der Waals surface area contributed by atoms with Crippen LogP contribution in [0.15, 0.2) is 52.8 Å². The monoisotopic (exact) mass is 388 g/mol. The summed E-state index contributed by atoms with van der Waals surface area (Å²) in [5, 5.41) is 4.19. The molecular weight excluding hydrogens is 352 g/mol. The Hall–Kier alpha value is -1.56. The van der Waals surface area contributed by atoms with E-state index in [1.807, 2.05) is 12.4 Å². The van der Waals surface area contributed by atoms with E-state index in [9.17, 15) is 0 Å². The fraction of sp³-hybridized carbons (Fsp3) is 0.500. The normalized spacial score (nSPS) is 17.8. The number of hydrogen-bond donors (Lipinski definition) is 2. The van der Waals surface area contributed by atoms with Crippen molar-refractivity contribution in [1.82, 2.24) is 9.80 Å². The number of nitrogens with two attached hydrogens (primary N) is 1. The number of nitrogens with zero attached hydrogens (tertiary/aromatic N) is 3. The smallest absolute Gasteiger partial charge is 0.0526 e. The molecule has 1 heterocycles. The summed E-state index contributed by atoms with van der Waals surface area (Å²) in [6.45, 7) is 6.44. The van der Waals surface area contributed by atoms with Gasteiger partial charge >= 0.3 is 0 Å². The molecule has 1 atom stereocenters. The van der Waals surface area contributed by atoms with Gasteiger partial charge in [-0.15, -0.1) is 12.8 Å². The molecule has 0 radical (unpaired) electrons. The Morgan fingerprint density at radius 2 is 1.96 bits per heavy atom. The molecule has 0 saturated heterocycles. The number of hydrogen-bond acceptors (Lipinski definition) is 5. The second-order valence-electron chi connectivity index (χ2n) is 7.25. The maximum Gasteiger partial charge on any atom is 0.0526 e.